The Bertz CT molecular complexity index is 760. The van der Waals surface area contributed by atoms with Gasteiger partial charge in [0.1, 0.15) is 5.75 Å². The number of nitrogens with one attached hydrogen (secondary N) is 1. The lowest BCUT2D eigenvalue weighted by atomic mass is 10.1. The highest BCUT2D eigenvalue weighted by atomic mass is 19.3. The van der Waals surface area contributed by atoms with E-state index < -0.39 is 29.3 Å². The molecule has 0 aliphatic heterocycles. The highest BCUT2D eigenvalue weighted by molar-refractivity contribution is 5.37. The van der Waals surface area contributed by atoms with Crippen LogP contribution in [0, 0.1) is 0 Å². The van der Waals surface area contributed by atoms with E-state index >= 15 is 0 Å². The van der Waals surface area contributed by atoms with E-state index in [0.29, 0.717) is 5.75 Å². The van der Waals surface area contributed by atoms with E-state index in [1.165, 1.54) is 19.2 Å². The molecular formula is C15H14F2N2O3. The molecule has 1 heterocycles. The van der Waals surface area contributed by atoms with E-state index in [0.717, 1.165) is 16.7 Å². The van der Waals surface area contributed by atoms with Crippen molar-refractivity contribution in [2.75, 3.05) is 7.11 Å². The molecule has 0 aliphatic rings. The van der Waals surface area contributed by atoms with E-state index in [2.05, 4.69) is 6.58 Å². The molecule has 1 N–H and O–H groups in total. The zero-order valence-corrected chi connectivity index (χ0v) is 11.8. The minimum absolute atomic E-state index is 0.255. The fourth-order valence-corrected chi connectivity index (χ4v) is 1.96. The molecule has 5 nitrogen and oxygen atoms in total. The number of allylic oxidation sites excluding steroid dienone is 1. The summed E-state index contributed by atoms with van der Waals surface area (Å²) in [6, 6.07) is 6.80. The van der Waals surface area contributed by atoms with Gasteiger partial charge < -0.3 is 9.72 Å². The van der Waals surface area contributed by atoms with Crippen LogP contribution in [0.3, 0.4) is 0 Å². The normalized spacial score (nSPS) is 11.2. The van der Waals surface area contributed by atoms with Gasteiger partial charge >= 0.3 is 5.69 Å². The summed E-state index contributed by atoms with van der Waals surface area (Å²) >= 11 is 0. The van der Waals surface area contributed by atoms with Gasteiger partial charge in [-0.15, -0.1) is 6.58 Å². The zero-order valence-electron chi connectivity index (χ0n) is 11.8. The third kappa shape index (κ3) is 2.98. The van der Waals surface area contributed by atoms with Gasteiger partial charge in [0.15, 0.2) is 0 Å². The summed E-state index contributed by atoms with van der Waals surface area (Å²) in [4.78, 5) is 26.1. The average Bonchev–Trinajstić information content (AvgIpc) is 2.47. The molecule has 0 saturated heterocycles. The van der Waals surface area contributed by atoms with Crippen LogP contribution >= 0.6 is 0 Å². The Morgan fingerprint density at radius 2 is 1.95 bits per heavy atom. The van der Waals surface area contributed by atoms with E-state index in [1.54, 1.807) is 12.1 Å². The van der Waals surface area contributed by atoms with Crippen molar-refractivity contribution in [2.45, 2.75) is 12.3 Å². The van der Waals surface area contributed by atoms with Crippen LogP contribution in [0.1, 0.15) is 12.1 Å². The molecular weight excluding hydrogens is 294 g/mol. The van der Waals surface area contributed by atoms with Crippen molar-refractivity contribution in [1.29, 1.82) is 0 Å². The number of aromatic amines is 1. The minimum Gasteiger partial charge on any atom is -0.497 e. The van der Waals surface area contributed by atoms with Crippen molar-refractivity contribution in [3.05, 3.63) is 69.5 Å². The van der Waals surface area contributed by atoms with Gasteiger partial charge in [-0.25, -0.2) is 9.36 Å². The zero-order chi connectivity index (χ0) is 16.3. The molecule has 0 spiro atoms. The predicted octanol–water partition coefficient (Wildman–Crippen LogP) is 2.20. The monoisotopic (exact) mass is 308 g/mol. The van der Waals surface area contributed by atoms with Gasteiger partial charge in [-0.05, 0) is 24.3 Å². The second-order valence-electron chi connectivity index (χ2n) is 4.56. The summed E-state index contributed by atoms with van der Waals surface area (Å²) in [6.45, 7) is 3.23. The second-order valence-corrected chi connectivity index (χ2v) is 4.56. The van der Waals surface area contributed by atoms with Crippen LogP contribution in [-0.4, -0.2) is 16.7 Å². The van der Waals surface area contributed by atoms with Crippen LogP contribution in [0.4, 0.5) is 8.78 Å². The highest BCUT2D eigenvalue weighted by Gasteiger charge is 2.32. The Labute approximate surface area is 124 Å². The molecule has 22 heavy (non-hydrogen) atoms. The molecule has 0 radical (unpaired) electrons. The SMILES string of the molecule is C=CCC(F)(F)c1cc(=O)n(-c2ccc(OC)cc2)c(=O)[nH]1. The second kappa shape index (κ2) is 5.97. The number of ether oxygens (including phenoxy) is 1. The van der Waals surface area contributed by atoms with Crippen LogP contribution in [0.5, 0.6) is 5.75 Å². The first-order valence-corrected chi connectivity index (χ1v) is 6.39. The quantitative estimate of drug-likeness (QED) is 0.861. The van der Waals surface area contributed by atoms with Crippen LogP contribution in [-0.2, 0) is 5.92 Å². The van der Waals surface area contributed by atoms with E-state index in [9.17, 15) is 18.4 Å². The van der Waals surface area contributed by atoms with E-state index in [1.807, 2.05) is 4.98 Å². The van der Waals surface area contributed by atoms with Crippen molar-refractivity contribution in [3.63, 3.8) is 0 Å². The summed E-state index contributed by atoms with van der Waals surface area (Å²) in [5.41, 5.74) is -2.25. The summed E-state index contributed by atoms with van der Waals surface area (Å²) in [5, 5.41) is 0. The van der Waals surface area contributed by atoms with Crippen molar-refractivity contribution in [1.82, 2.24) is 9.55 Å². The molecule has 0 aliphatic carbocycles. The van der Waals surface area contributed by atoms with Gasteiger partial charge in [0, 0.05) is 12.5 Å². The van der Waals surface area contributed by atoms with Crippen LogP contribution in [0.25, 0.3) is 5.69 Å². The van der Waals surface area contributed by atoms with Crippen LogP contribution in [0.15, 0.2) is 52.6 Å². The van der Waals surface area contributed by atoms with Crippen molar-refractivity contribution < 1.29 is 13.5 Å². The first-order valence-electron chi connectivity index (χ1n) is 6.39. The number of alkyl halides is 2. The third-order valence-electron chi connectivity index (χ3n) is 3.06. The highest BCUT2D eigenvalue weighted by Crippen LogP contribution is 2.28. The molecule has 1 aromatic heterocycles. The predicted molar refractivity (Wildman–Crippen MR) is 77.9 cm³/mol. The topological polar surface area (TPSA) is 64.1 Å². The van der Waals surface area contributed by atoms with Gasteiger partial charge in [-0.3, -0.25) is 4.79 Å². The van der Waals surface area contributed by atoms with E-state index in [4.69, 9.17) is 4.74 Å². The Morgan fingerprint density at radius 3 is 2.45 bits per heavy atom. The number of hydrogen-bond acceptors (Lipinski definition) is 3. The van der Waals surface area contributed by atoms with Crippen LogP contribution in [0.2, 0.25) is 0 Å². The lowest BCUT2D eigenvalue weighted by molar-refractivity contribution is -0.00601. The molecule has 0 saturated carbocycles. The molecule has 7 heteroatoms. The number of halogens is 2. The molecule has 1 aromatic carbocycles. The first kappa shape index (κ1) is 15.7. The van der Waals surface area contributed by atoms with Gasteiger partial charge in [-0.2, -0.15) is 8.78 Å². The maximum atomic E-state index is 13.7. The van der Waals surface area contributed by atoms with Crippen LogP contribution < -0.4 is 16.0 Å². The molecule has 0 unspecified atom stereocenters. The van der Waals surface area contributed by atoms with Gasteiger partial charge in [-0.1, -0.05) is 6.08 Å². The number of hydrogen-bond donors (Lipinski definition) is 1. The maximum Gasteiger partial charge on any atom is 0.333 e. The molecule has 0 amide bonds. The molecule has 0 fully saturated rings. The fraction of sp³-hybridized carbons (Fsp3) is 0.200. The maximum absolute atomic E-state index is 13.7. The Hall–Kier alpha value is -2.70. The lowest BCUT2D eigenvalue weighted by Gasteiger charge is -2.14. The number of benzene rings is 1. The number of H-pyrrole nitrogens is 1. The van der Waals surface area contributed by atoms with Crippen molar-refractivity contribution >= 4 is 0 Å². The van der Waals surface area contributed by atoms with Crippen molar-refractivity contribution in [2.24, 2.45) is 0 Å². The number of aromatic nitrogens is 2. The van der Waals surface area contributed by atoms with Gasteiger partial charge in [0.05, 0.1) is 18.5 Å². The number of rotatable bonds is 5. The molecule has 0 atom stereocenters. The largest absolute Gasteiger partial charge is 0.497 e. The summed E-state index contributed by atoms with van der Waals surface area (Å²) in [7, 11) is 1.48. The van der Waals surface area contributed by atoms with Gasteiger partial charge in [0.25, 0.3) is 11.5 Å². The molecule has 2 aromatic rings. The summed E-state index contributed by atoms with van der Waals surface area (Å²) in [6.07, 6.45) is 0.349. The molecule has 0 bridgehead atoms. The van der Waals surface area contributed by atoms with Crippen molar-refractivity contribution in [3.8, 4) is 11.4 Å². The lowest BCUT2D eigenvalue weighted by Crippen LogP contribution is -2.36. The summed E-state index contributed by atoms with van der Waals surface area (Å²) in [5.74, 6) is -2.80. The Morgan fingerprint density at radius 1 is 1.32 bits per heavy atom. The summed E-state index contributed by atoms with van der Waals surface area (Å²) < 4.78 is 33.2. The minimum atomic E-state index is -3.35. The Kier molecular flexibility index (Phi) is 4.25. The Balaban J connectivity index is 2.53. The van der Waals surface area contributed by atoms with Gasteiger partial charge in [0.2, 0.25) is 0 Å². The number of nitrogens with zero attached hydrogens (tertiary/aromatic N) is 1. The molecule has 2 rings (SSSR count). The third-order valence-corrected chi connectivity index (χ3v) is 3.06. The standard InChI is InChI=1S/C15H14F2N2O3/c1-3-8-15(16,17)12-9-13(20)19(14(21)18-12)10-4-6-11(22-2)7-5-10/h3-7,9H,1,8H2,2H3,(H,18,21). The first-order chi connectivity index (χ1) is 10.4. The number of methoxy groups -OCH3 is 1. The fourth-order valence-electron chi connectivity index (χ4n) is 1.96. The smallest absolute Gasteiger partial charge is 0.333 e. The average molecular weight is 308 g/mol. The molecule has 116 valence electrons. The van der Waals surface area contributed by atoms with E-state index in [-0.39, 0.29) is 5.69 Å².